The number of benzene rings is 1. The summed E-state index contributed by atoms with van der Waals surface area (Å²) < 4.78 is 10.6. The Labute approximate surface area is 206 Å². The van der Waals surface area contributed by atoms with Gasteiger partial charge in [0.2, 0.25) is 5.88 Å². The molecule has 3 rings (SSSR count). The van der Waals surface area contributed by atoms with Gasteiger partial charge in [-0.15, -0.1) is 0 Å². The average molecular weight is 480 g/mol. The van der Waals surface area contributed by atoms with E-state index in [9.17, 15) is 14.9 Å². The lowest BCUT2D eigenvalue weighted by Gasteiger charge is -2.40. The maximum Gasteiger partial charge on any atom is 0.410 e. The molecular weight excluding hydrogens is 446 g/mol. The molecule has 9 nitrogen and oxygen atoms in total. The van der Waals surface area contributed by atoms with Crippen LogP contribution in [0.1, 0.15) is 54.7 Å². The smallest absolute Gasteiger partial charge is 0.410 e. The first-order valence-corrected chi connectivity index (χ1v) is 11.6. The number of nitriles is 1. The fraction of sp³-hybridized carbons (Fsp3) is 0.462. The highest BCUT2D eigenvalue weighted by Gasteiger charge is 2.31. The van der Waals surface area contributed by atoms with Gasteiger partial charge < -0.3 is 19.7 Å². The lowest BCUT2D eigenvalue weighted by atomic mass is 10.0. The van der Waals surface area contributed by atoms with Crippen LogP contribution in [0, 0.1) is 18.3 Å². The molecule has 186 valence electrons. The molecule has 2 heterocycles. The van der Waals surface area contributed by atoms with E-state index in [1.54, 1.807) is 23.1 Å². The number of carbonyl (C=O) groups excluding carboxylic acids is 2. The second-order valence-corrected chi connectivity index (χ2v) is 9.72. The van der Waals surface area contributed by atoms with Crippen molar-refractivity contribution in [1.82, 2.24) is 14.8 Å². The first-order valence-electron chi connectivity index (χ1n) is 11.6. The molecule has 1 N–H and O–H groups in total. The highest BCUT2D eigenvalue weighted by Crippen LogP contribution is 2.25. The molecule has 1 aliphatic rings. The summed E-state index contributed by atoms with van der Waals surface area (Å²) in [5.41, 5.74) is 2.74. The van der Waals surface area contributed by atoms with Crippen molar-refractivity contribution in [2.45, 2.75) is 52.8 Å². The van der Waals surface area contributed by atoms with Gasteiger partial charge in [0.25, 0.3) is 5.91 Å². The molecule has 1 fully saturated rings. The number of piperazine rings is 1. The third kappa shape index (κ3) is 6.70. The summed E-state index contributed by atoms with van der Waals surface area (Å²) in [6.45, 7) is 12.0. The highest BCUT2D eigenvalue weighted by atomic mass is 16.6. The number of hydrogen-bond acceptors (Lipinski definition) is 7. The number of hydrogen-bond donors (Lipinski definition) is 1. The molecule has 9 heteroatoms. The fourth-order valence-corrected chi connectivity index (χ4v) is 3.97. The fourth-order valence-electron chi connectivity index (χ4n) is 3.97. The predicted molar refractivity (Wildman–Crippen MR) is 132 cm³/mol. The summed E-state index contributed by atoms with van der Waals surface area (Å²) in [5, 5.41) is 12.5. The molecule has 35 heavy (non-hydrogen) atoms. The van der Waals surface area contributed by atoms with Gasteiger partial charge in [0.15, 0.2) is 0 Å². The van der Waals surface area contributed by atoms with Crippen molar-refractivity contribution in [3.05, 3.63) is 52.7 Å². The SMILES string of the molecule is COc1ccc(C(=O)Nc2cc(C#N)cc(CN3CCN(C(=O)OC(C)(C)C)C(C)C3)c2C)cn1. The van der Waals surface area contributed by atoms with Gasteiger partial charge >= 0.3 is 6.09 Å². The average Bonchev–Trinajstić information content (AvgIpc) is 2.80. The first-order chi connectivity index (χ1) is 16.5. The summed E-state index contributed by atoms with van der Waals surface area (Å²) in [6.07, 6.45) is 1.15. The van der Waals surface area contributed by atoms with Crippen molar-refractivity contribution in [3.63, 3.8) is 0 Å². The van der Waals surface area contributed by atoms with Crippen molar-refractivity contribution in [2.24, 2.45) is 0 Å². The van der Waals surface area contributed by atoms with E-state index in [-0.39, 0.29) is 18.0 Å². The van der Waals surface area contributed by atoms with Crippen LogP contribution in [-0.2, 0) is 11.3 Å². The number of pyridine rings is 1. The number of amides is 2. The van der Waals surface area contributed by atoms with Gasteiger partial charge in [-0.3, -0.25) is 9.69 Å². The number of aromatic nitrogens is 1. The first kappa shape index (κ1) is 26.0. The molecule has 1 saturated heterocycles. The molecule has 0 spiro atoms. The Morgan fingerprint density at radius 3 is 2.57 bits per heavy atom. The minimum absolute atomic E-state index is 0.0141. The van der Waals surface area contributed by atoms with Crippen molar-refractivity contribution >= 4 is 17.7 Å². The summed E-state index contributed by atoms with van der Waals surface area (Å²) in [7, 11) is 1.51. The number of carbonyl (C=O) groups is 2. The van der Waals surface area contributed by atoms with E-state index in [0.717, 1.165) is 11.1 Å². The molecule has 2 amide bonds. The van der Waals surface area contributed by atoms with Crippen LogP contribution >= 0.6 is 0 Å². The molecule has 2 aromatic rings. The van der Waals surface area contributed by atoms with Gasteiger partial charge in [0, 0.05) is 50.2 Å². The van der Waals surface area contributed by atoms with Crippen molar-refractivity contribution in [3.8, 4) is 11.9 Å². The molecule has 0 bridgehead atoms. The number of anilines is 1. The highest BCUT2D eigenvalue weighted by molar-refractivity contribution is 6.04. The van der Waals surface area contributed by atoms with Crippen molar-refractivity contribution < 1.29 is 19.1 Å². The summed E-state index contributed by atoms with van der Waals surface area (Å²) >= 11 is 0. The predicted octanol–water partition coefficient (Wildman–Crippen LogP) is 3.96. The maximum absolute atomic E-state index is 12.8. The van der Waals surface area contributed by atoms with Gasteiger partial charge in [-0.05, 0) is 63.9 Å². The van der Waals surface area contributed by atoms with Gasteiger partial charge in [0.1, 0.15) is 5.60 Å². The van der Waals surface area contributed by atoms with Gasteiger partial charge in [-0.25, -0.2) is 9.78 Å². The zero-order valence-electron chi connectivity index (χ0n) is 21.2. The lowest BCUT2D eigenvalue weighted by Crippen LogP contribution is -2.54. The third-order valence-corrected chi connectivity index (χ3v) is 5.83. The summed E-state index contributed by atoms with van der Waals surface area (Å²) in [4.78, 5) is 33.4. The molecule has 1 aromatic heterocycles. The van der Waals surface area contributed by atoms with E-state index in [4.69, 9.17) is 9.47 Å². The van der Waals surface area contributed by atoms with Gasteiger partial charge in [0.05, 0.1) is 24.3 Å². The van der Waals surface area contributed by atoms with Crippen LogP contribution < -0.4 is 10.1 Å². The molecule has 1 unspecified atom stereocenters. The van der Waals surface area contributed by atoms with Crippen LogP contribution in [0.4, 0.5) is 10.5 Å². The molecular formula is C26H33N5O4. The monoisotopic (exact) mass is 479 g/mol. The molecule has 0 radical (unpaired) electrons. The van der Waals surface area contributed by atoms with Crippen LogP contribution in [0.25, 0.3) is 0 Å². The van der Waals surface area contributed by atoms with Crippen molar-refractivity contribution in [1.29, 1.82) is 5.26 Å². The zero-order chi connectivity index (χ0) is 25.8. The summed E-state index contributed by atoms with van der Waals surface area (Å²) in [5.74, 6) is 0.108. The Hall–Kier alpha value is -3.64. The Morgan fingerprint density at radius 1 is 1.26 bits per heavy atom. The Bertz CT molecular complexity index is 1120. The largest absolute Gasteiger partial charge is 0.481 e. The summed E-state index contributed by atoms with van der Waals surface area (Å²) in [6, 6.07) is 8.96. The quantitative estimate of drug-likeness (QED) is 0.691. The zero-order valence-corrected chi connectivity index (χ0v) is 21.2. The molecule has 1 aromatic carbocycles. The minimum Gasteiger partial charge on any atom is -0.481 e. The topological polar surface area (TPSA) is 108 Å². The minimum atomic E-state index is -0.536. The van der Waals surface area contributed by atoms with E-state index in [2.05, 4.69) is 21.3 Å². The van der Waals surface area contributed by atoms with Crippen molar-refractivity contribution in [2.75, 3.05) is 32.1 Å². The maximum atomic E-state index is 12.8. The van der Waals surface area contributed by atoms with E-state index >= 15 is 0 Å². The van der Waals surface area contributed by atoms with E-state index < -0.39 is 5.60 Å². The van der Waals surface area contributed by atoms with Crippen LogP contribution in [0.5, 0.6) is 5.88 Å². The van der Waals surface area contributed by atoms with Crippen LogP contribution in [0.3, 0.4) is 0 Å². The van der Waals surface area contributed by atoms with Gasteiger partial charge in [-0.2, -0.15) is 5.26 Å². The number of methoxy groups -OCH3 is 1. The number of rotatable bonds is 5. The van der Waals surface area contributed by atoms with Crippen LogP contribution in [-0.4, -0.2) is 65.2 Å². The molecule has 1 aliphatic heterocycles. The molecule has 0 saturated carbocycles. The van der Waals surface area contributed by atoms with E-state index in [1.165, 1.54) is 13.3 Å². The Kier molecular flexibility index (Phi) is 7.97. The molecule has 0 aliphatic carbocycles. The number of ether oxygens (including phenoxy) is 2. The second-order valence-electron chi connectivity index (χ2n) is 9.72. The number of nitrogens with one attached hydrogen (secondary N) is 1. The second kappa shape index (κ2) is 10.7. The van der Waals surface area contributed by atoms with Crippen LogP contribution in [0.15, 0.2) is 30.5 Å². The number of nitrogens with zero attached hydrogens (tertiary/aromatic N) is 4. The normalized spacial score (nSPS) is 16.4. The van der Waals surface area contributed by atoms with Crippen LogP contribution in [0.2, 0.25) is 0 Å². The lowest BCUT2D eigenvalue weighted by molar-refractivity contribution is 0.000533. The van der Waals surface area contributed by atoms with E-state index in [0.29, 0.717) is 48.9 Å². The van der Waals surface area contributed by atoms with E-state index in [1.807, 2.05) is 40.7 Å². The Balaban J connectivity index is 1.72. The Morgan fingerprint density at radius 2 is 2.00 bits per heavy atom. The third-order valence-electron chi connectivity index (χ3n) is 5.83. The molecule has 1 atom stereocenters. The standard InChI is InChI=1S/C26H33N5O4/c1-17-15-30(9-10-31(17)25(33)35-26(3,4)5)16-21-11-19(13-27)12-22(18(21)2)29-24(32)20-7-8-23(34-6)28-14-20/h7-8,11-12,14,17H,9-10,15-16H2,1-6H3,(H,29,32). The van der Waals surface area contributed by atoms with Gasteiger partial charge in [-0.1, -0.05) is 0 Å².